The van der Waals surface area contributed by atoms with Crippen molar-refractivity contribution in [3.63, 3.8) is 0 Å². The Morgan fingerprint density at radius 3 is 2.24 bits per heavy atom. The van der Waals surface area contributed by atoms with Crippen LogP contribution in [0.4, 0.5) is 11.4 Å². The number of ether oxygens (including phenoxy) is 3. The summed E-state index contributed by atoms with van der Waals surface area (Å²) in [6.07, 6.45) is 3.04. The number of methoxy groups -OCH3 is 1. The molecule has 0 saturated carbocycles. The lowest BCUT2D eigenvalue weighted by molar-refractivity contribution is -0.394. The van der Waals surface area contributed by atoms with Gasteiger partial charge < -0.3 is 14.2 Å². The van der Waals surface area contributed by atoms with Crippen LogP contribution in [0.3, 0.4) is 0 Å². The molecule has 0 unspecified atom stereocenters. The lowest BCUT2D eigenvalue weighted by atomic mass is 9.85. The molecule has 0 aromatic heterocycles. The maximum atomic E-state index is 12.5. The molecule has 0 atom stereocenters. The van der Waals surface area contributed by atoms with Crippen molar-refractivity contribution in [1.29, 1.82) is 0 Å². The molecule has 3 aromatic rings. The Morgan fingerprint density at radius 1 is 0.895 bits per heavy atom. The number of hydrogen-bond donors (Lipinski definition) is 0. The molecular weight excluding hydrogens is 492 g/mol. The van der Waals surface area contributed by atoms with Gasteiger partial charge in [0.25, 0.3) is 11.4 Å². The highest BCUT2D eigenvalue weighted by atomic mass is 16.6. The van der Waals surface area contributed by atoms with E-state index in [-0.39, 0.29) is 34.8 Å². The van der Waals surface area contributed by atoms with E-state index in [0.717, 1.165) is 17.2 Å². The number of carbonyl (C=O) groups is 1. The molecule has 0 amide bonds. The minimum Gasteiger partial charge on any atom is -0.493 e. The highest BCUT2D eigenvalue weighted by Gasteiger charge is 2.21. The van der Waals surface area contributed by atoms with Crippen molar-refractivity contribution < 1.29 is 28.9 Å². The second-order valence-corrected chi connectivity index (χ2v) is 9.51. The van der Waals surface area contributed by atoms with Gasteiger partial charge in [-0.3, -0.25) is 20.2 Å². The van der Waals surface area contributed by atoms with Crippen LogP contribution >= 0.6 is 0 Å². The van der Waals surface area contributed by atoms with E-state index in [4.69, 9.17) is 14.2 Å². The first-order chi connectivity index (χ1) is 17.9. The summed E-state index contributed by atoms with van der Waals surface area (Å²) in [5.74, 6) is 0.435. The van der Waals surface area contributed by atoms with E-state index >= 15 is 0 Å². The fourth-order valence-corrected chi connectivity index (χ4v) is 3.65. The SMILES string of the molecule is COc1cc(/C=C/c2ccc([N+](=O)[O-])cc2[N+](=O)[O-])ccc1OC(=O)COc1ccc(C)cc1C(C)(C)C. The van der Waals surface area contributed by atoms with Crippen LogP contribution in [-0.4, -0.2) is 29.5 Å². The van der Waals surface area contributed by atoms with Gasteiger partial charge in [0.15, 0.2) is 18.1 Å². The zero-order chi connectivity index (χ0) is 28.0. The molecule has 0 spiro atoms. The molecule has 0 aliphatic carbocycles. The summed E-state index contributed by atoms with van der Waals surface area (Å²) >= 11 is 0. The second-order valence-electron chi connectivity index (χ2n) is 9.51. The molecule has 3 rings (SSSR count). The Morgan fingerprint density at radius 2 is 1.61 bits per heavy atom. The number of esters is 1. The van der Waals surface area contributed by atoms with Crippen LogP contribution in [0.25, 0.3) is 12.2 Å². The van der Waals surface area contributed by atoms with Gasteiger partial charge in [-0.1, -0.05) is 50.6 Å². The Labute approximate surface area is 219 Å². The topological polar surface area (TPSA) is 131 Å². The first-order valence-corrected chi connectivity index (χ1v) is 11.6. The molecule has 0 radical (unpaired) electrons. The molecule has 0 fully saturated rings. The largest absolute Gasteiger partial charge is 0.493 e. The predicted octanol–water partition coefficient (Wildman–Crippen LogP) is 6.27. The van der Waals surface area contributed by atoms with Crippen molar-refractivity contribution in [2.24, 2.45) is 0 Å². The smallest absolute Gasteiger partial charge is 0.349 e. The number of rotatable bonds is 9. The van der Waals surface area contributed by atoms with Crippen LogP contribution in [0.5, 0.6) is 17.2 Å². The average Bonchev–Trinajstić information content (AvgIpc) is 2.86. The van der Waals surface area contributed by atoms with Gasteiger partial charge in [0.1, 0.15) is 5.75 Å². The van der Waals surface area contributed by atoms with E-state index in [1.54, 1.807) is 18.2 Å². The average molecular weight is 521 g/mol. The zero-order valence-electron chi connectivity index (χ0n) is 21.7. The third-order valence-corrected chi connectivity index (χ3v) is 5.58. The molecule has 3 aromatic carbocycles. The normalized spacial score (nSPS) is 11.3. The third-order valence-electron chi connectivity index (χ3n) is 5.58. The number of non-ortho nitro benzene ring substituents is 1. The van der Waals surface area contributed by atoms with Crippen LogP contribution in [0.2, 0.25) is 0 Å². The summed E-state index contributed by atoms with van der Waals surface area (Å²) in [7, 11) is 1.42. The first-order valence-electron chi connectivity index (χ1n) is 11.6. The molecule has 198 valence electrons. The maximum Gasteiger partial charge on any atom is 0.349 e. The van der Waals surface area contributed by atoms with E-state index in [1.807, 2.05) is 25.1 Å². The van der Waals surface area contributed by atoms with Crippen LogP contribution in [0, 0.1) is 27.2 Å². The molecule has 0 aliphatic heterocycles. The van der Waals surface area contributed by atoms with Gasteiger partial charge in [0.05, 0.1) is 28.6 Å². The lowest BCUT2D eigenvalue weighted by Crippen LogP contribution is -2.20. The summed E-state index contributed by atoms with van der Waals surface area (Å²) in [5, 5.41) is 22.3. The Hall–Kier alpha value is -4.73. The van der Waals surface area contributed by atoms with Gasteiger partial charge in [0, 0.05) is 6.07 Å². The summed E-state index contributed by atoms with van der Waals surface area (Å²) in [5.41, 5.74) is 1.92. The predicted molar refractivity (Wildman–Crippen MR) is 143 cm³/mol. The minimum atomic E-state index is -0.694. The van der Waals surface area contributed by atoms with Crippen molar-refractivity contribution in [2.45, 2.75) is 33.1 Å². The maximum absolute atomic E-state index is 12.5. The van der Waals surface area contributed by atoms with E-state index in [9.17, 15) is 25.0 Å². The molecule has 0 bridgehead atoms. The molecule has 0 N–H and O–H groups in total. The molecule has 0 heterocycles. The van der Waals surface area contributed by atoms with Crippen LogP contribution in [0.1, 0.15) is 43.0 Å². The minimum absolute atomic E-state index is 0.174. The number of aryl methyl sites for hydroxylation is 1. The van der Waals surface area contributed by atoms with Gasteiger partial charge in [-0.25, -0.2) is 4.79 Å². The van der Waals surface area contributed by atoms with E-state index in [1.165, 1.54) is 31.4 Å². The van der Waals surface area contributed by atoms with E-state index in [2.05, 4.69) is 20.8 Å². The van der Waals surface area contributed by atoms with Gasteiger partial charge in [-0.2, -0.15) is 0 Å². The Bertz CT molecular complexity index is 1410. The molecule has 10 nitrogen and oxygen atoms in total. The van der Waals surface area contributed by atoms with Crippen molar-refractivity contribution in [3.05, 3.63) is 97.1 Å². The van der Waals surface area contributed by atoms with Gasteiger partial charge >= 0.3 is 5.97 Å². The van der Waals surface area contributed by atoms with E-state index in [0.29, 0.717) is 11.3 Å². The number of benzene rings is 3. The van der Waals surface area contributed by atoms with Crippen LogP contribution in [0.15, 0.2) is 54.6 Å². The van der Waals surface area contributed by atoms with Gasteiger partial charge in [-0.15, -0.1) is 0 Å². The van der Waals surface area contributed by atoms with Crippen molar-refractivity contribution in [2.75, 3.05) is 13.7 Å². The lowest BCUT2D eigenvalue weighted by Gasteiger charge is -2.23. The first kappa shape index (κ1) is 27.9. The summed E-state index contributed by atoms with van der Waals surface area (Å²) < 4.78 is 16.6. The van der Waals surface area contributed by atoms with Crippen molar-refractivity contribution in [3.8, 4) is 17.2 Å². The van der Waals surface area contributed by atoms with Crippen molar-refractivity contribution in [1.82, 2.24) is 0 Å². The quantitative estimate of drug-likeness (QED) is 0.106. The van der Waals surface area contributed by atoms with Gasteiger partial charge in [0.2, 0.25) is 0 Å². The summed E-state index contributed by atoms with van der Waals surface area (Å²) in [6.45, 7) is 7.88. The van der Waals surface area contributed by atoms with Crippen LogP contribution in [-0.2, 0) is 10.2 Å². The van der Waals surface area contributed by atoms with E-state index < -0.39 is 21.5 Å². The second kappa shape index (κ2) is 11.5. The van der Waals surface area contributed by atoms with Gasteiger partial charge in [-0.05, 0) is 53.8 Å². The molecule has 10 heteroatoms. The number of nitro groups is 2. The third kappa shape index (κ3) is 6.94. The molecule has 0 aliphatic rings. The van der Waals surface area contributed by atoms with Crippen LogP contribution < -0.4 is 14.2 Å². The highest BCUT2D eigenvalue weighted by Crippen LogP contribution is 2.33. The highest BCUT2D eigenvalue weighted by molar-refractivity contribution is 5.77. The molecule has 0 saturated heterocycles. The fourth-order valence-electron chi connectivity index (χ4n) is 3.65. The Kier molecular flexibility index (Phi) is 8.46. The molecular formula is C28H28N2O8. The van der Waals surface area contributed by atoms with Crippen molar-refractivity contribution >= 4 is 29.5 Å². The number of nitro benzene ring substituents is 2. The summed E-state index contributed by atoms with van der Waals surface area (Å²) in [6, 6.07) is 13.9. The number of carbonyl (C=O) groups excluding carboxylic acids is 1. The fraction of sp³-hybridized carbons (Fsp3) is 0.250. The standard InChI is InChI=1S/C28H28N2O8/c1-18-6-12-24(22(14-18)28(2,3)4)37-17-27(31)38-25-13-8-19(15-26(25)36-5)7-9-20-10-11-21(29(32)33)16-23(20)30(34)35/h6-16H,17H2,1-5H3/b9-7+. The monoisotopic (exact) mass is 520 g/mol. The summed E-state index contributed by atoms with van der Waals surface area (Å²) in [4.78, 5) is 33.4. The number of hydrogen-bond acceptors (Lipinski definition) is 8. The number of nitrogens with zero attached hydrogens (tertiary/aromatic N) is 2. The Balaban J connectivity index is 1.74. The zero-order valence-corrected chi connectivity index (χ0v) is 21.7. The molecule has 38 heavy (non-hydrogen) atoms.